The smallest absolute Gasteiger partial charge is 0.227 e. The second-order valence-electron chi connectivity index (χ2n) is 6.53. The highest BCUT2D eigenvalue weighted by molar-refractivity contribution is 5.92. The van der Waals surface area contributed by atoms with Crippen molar-refractivity contribution in [2.75, 3.05) is 11.9 Å². The van der Waals surface area contributed by atoms with Crippen molar-refractivity contribution in [3.8, 4) is 0 Å². The molecule has 0 aromatic heterocycles. The van der Waals surface area contributed by atoms with Crippen LogP contribution in [0.1, 0.15) is 51.5 Å². The van der Waals surface area contributed by atoms with Gasteiger partial charge in [0.15, 0.2) is 0 Å². The molecule has 1 aliphatic carbocycles. The quantitative estimate of drug-likeness (QED) is 0.746. The zero-order valence-corrected chi connectivity index (χ0v) is 13.3. The molecule has 0 unspecified atom stereocenters. The first-order valence-corrected chi connectivity index (χ1v) is 8.25. The maximum absolute atomic E-state index is 12.1. The van der Waals surface area contributed by atoms with Crippen LogP contribution in [0.3, 0.4) is 0 Å². The van der Waals surface area contributed by atoms with Gasteiger partial charge in [-0.25, -0.2) is 0 Å². The summed E-state index contributed by atoms with van der Waals surface area (Å²) in [5.74, 6) is 1.14. The lowest BCUT2D eigenvalue weighted by Crippen LogP contribution is -2.20. The molecule has 0 atom stereocenters. The van der Waals surface area contributed by atoms with Crippen LogP contribution in [-0.2, 0) is 11.3 Å². The molecule has 1 fully saturated rings. The highest BCUT2D eigenvalue weighted by atomic mass is 16.1. The van der Waals surface area contributed by atoms with Crippen LogP contribution in [0.2, 0.25) is 0 Å². The zero-order chi connectivity index (χ0) is 15.1. The van der Waals surface area contributed by atoms with E-state index in [9.17, 15) is 4.79 Å². The van der Waals surface area contributed by atoms with Crippen LogP contribution in [0.4, 0.5) is 5.69 Å². The predicted octanol–water partition coefficient (Wildman–Crippen LogP) is 3.95. The molecule has 1 amide bonds. The molecular weight excluding hydrogens is 260 g/mol. The molecule has 1 saturated carbocycles. The van der Waals surface area contributed by atoms with Gasteiger partial charge in [0, 0.05) is 18.2 Å². The van der Waals surface area contributed by atoms with E-state index in [2.05, 4.69) is 36.6 Å². The lowest BCUT2D eigenvalue weighted by atomic mass is 10.1. The normalized spacial score (nSPS) is 15.6. The molecule has 3 nitrogen and oxygen atoms in total. The van der Waals surface area contributed by atoms with Gasteiger partial charge in [-0.2, -0.15) is 0 Å². The Balaban J connectivity index is 1.81. The first-order valence-electron chi connectivity index (χ1n) is 8.25. The number of carbonyl (C=O) groups excluding carboxylic acids is 1. The van der Waals surface area contributed by atoms with Crippen LogP contribution in [0.15, 0.2) is 24.3 Å². The van der Waals surface area contributed by atoms with Gasteiger partial charge >= 0.3 is 0 Å². The van der Waals surface area contributed by atoms with Gasteiger partial charge < -0.3 is 10.6 Å². The third-order valence-electron chi connectivity index (χ3n) is 4.15. The number of rotatable bonds is 7. The van der Waals surface area contributed by atoms with Crippen molar-refractivity contribution >= 4 is 11.6 Å². The Hall–Kier alpha value is -1.35. The molecule has 21 heavy (non-hydrogen) atoms. The Kier molecular flexibility index (Phi) is 6.24. The van der Waals surface area contributed by atoms with E-state index in [-0.39, 0.29) is 11.8 Å². The van der Waals surface area contributed by atoms with Gasteiger partial charge in [-0.3, -0.25) is 4.79 Å². The Labute approximate surface area is 128 Å². The van der Waals surface area contributed by atoms with E-state index in [1.54, 1.807) is 0 Å². The van der Waals surface area contributed by atoms with E-state index in [1.807, 2.05) is 12.1 Å². The number of benzene rings is 1. The van der Waals surface area contributed by atoms with Crippen molar-refractivity contribution in [2.24, 2.45) is 11.8 Å². The summed E-state index contributed by atoms with van der Waals surface area (Å²) in [6, 6.07) is 8.18. The third kappa shape index (κ3) is 5.50. The van der Waals surface area contributed by atoms with E-state index in [1.165, 1.54) is 24.8 Å². The SMILES string of the molecule is CC(C)CCNCc1cccc(NC(=O)C2CCCC2)c1. The molecule has 3 heteroatoms. The number of carbonyl (C=O) groups is 1. The van der Waals surface area contributed by atoms with Crippen molar-refractivity contribution in [1.82, 2.24) is 5.32 Å². The minimum atomic E-state index is 0.192. The van der Waals surface area contributed by atoms with Gasteiger partial charge in [-0.15, -0.1) is 0 Å². The average molecular weight is 288 g/mol. The Morgan fingerprint density at radius 2 is 2.05 bits per heavy atom. The Morgan fingerprint density at radius 1 is 1.29 bits per heavy atom. The molecule has 1 aromatic rings. The number of nitrogens with one attached hydrogen (secondary N) is 2. The van der Waals surface area contributed by atoms with Gasteiger partial charge in [0.1, 0.15) is 0 Å². The van der Waals surface area contributed by atoms with Gasteiger partial charge in [-0.1, -0.05) is 38.8 Å². The fourth-order valence-corrected chi connectivity index (χ4v) is 2.81. The van der Waals surface area contributed by atoms with Crippen molar-refractivity contribution in [3.05, 3.63) is 29.8 Å². The van der Waals surface area contributed by atoms with Crippen LogP contribution in [0.25, 0.3) is 0 Å². The molecule has 0 aliphatic heterocycles. The van der Waals surface area contributed by atoms with Crippen LogP contribution < -0.4 is 10.6 Å². The highest BCUT2D eigenvalue weighted by Crippen LogP contribution is 2.26. The minimum Gasteiger partial charge on any atom is -0.326 e. The van der Waals surface area contributed by atoms with Crippen molar-refractivity contribution < 1.29 is 4.79 Å². The average Bonchev–Trinajstić information content (AvgIpc) is 2.98. The third-order valence-corrected chi connectivity index (χ3v) is 4.15. The fraction of sp³-hybridized carbons (Fsp3) is 0.611. The summed E-state index contributed by atoms with van der Waals surface area (Å²) in [6.07, 6.45) is 5.67. The van der Waals surface area contributed by atoms with E-state index >= 15 is 0 Å². The molecule has 1 aliphatic rings. The van der Waals surface area contributed by atoms with Crippen LogP contribution in [0, 0.1) is 11.8 Å². The fourth-order valence-electron chi connectivity index (χ4n) is 2.81. The molecule has 2 N–H and O–H groups in total. The molecule has 0 spiro atoms. The van der Waals surface area contributed by atoms with Crippen molar-refractivity contribution in [1.29, 1.82) is 0 Å². The summed E-state index contributed by atoms with van der Waals surface area (Å²) in [7, 11) is 0. The van der Waals surface area contributed by atoms with Crippen LogP contribution in [-0.4, -0.2) is 12.5 Å². The monoisotopic (exact) mass is 288 g/mol. The molecule has 0 bridgehead atoms. The summed E-state index contributed by atoms with van der Waals surface area (Å²) in [4.78, 5) is 12.1. The summed E-state index contributed by atoms with van der Waals surface area (Å²) < 4.78 is 0. The predicted molar refractivity (Wildman–Crippen MR) is 88.2 cm³/mol. The van der Waals surface area contributed by atoms with Crippen LogP contribution in [0.5, 0.6) is 0 Å². The Morgan fingerprint density at radius 3 is 2.76 bits per heavy atom. The maximum Gasteiger partial charge on any atom is 0.227 e. The molecule has 2 rings (SSSR count). The zero-order valence-electron chi connectivity index (χ0n) is 13.3. The van der Waals surface area contributed by atoms with Gasteiger partial charge in [0.2, 0.25) is 5.91 Å². The first-order chi connectivity index (χ1) is 10.1. The lowest BCUT2D eigenvalue weighted by molar-refractivity contribution is -0.119. The van der Waals surface area contributed by atoms with E-state index < -0.39 is 0 Å². The van der Waals surface area contributed by atoms with E-state index in [0.717, 1.165) is 37.5 Å². The number of hydrogen-bond donors (Lipinski definition) is 2. The molecule has 116 valence electrons. The van der Waals surface area contributed by atoms with Gasteiger partial charge in [0.25, 0.3) is 0 Å². The number of amides is 1. The van der Waals surface area contributed by atoms with E-state index in [0.29, 0.717) is 0 Å². The van der Waals surface area contributed by atoms with Gasteiger partial charge in [0.05, 0.1) is 0 Å². The Bertz CT molecular complexity index is 450. The largest absolute Gasteiger partial charge is 0.326 e. The molecular formula is C18H28N2O. The molecule has 1 aromatic carbocycles. The standard InChI is InChI=1S/C18H28N2O/c1-14(2)10-11-19-13-15-6-5-9-17(12-15)20-18(21)16-7-3-4-8-16/h5-6,9,12,14,16,19H,3-4,7-8,10-11,13H2,1-2H3,(H,20,21). The highest BCUT2D eigenvalue weighted by Gasteiger charge is 2.22. The summed E-state index contributed by atoms with van der Waals surface area (Å²) >= 11 is 0. The first kappa shape index (κ1) is 16.0. The topological polar surface area (TPSA) is 41.1 Å². The second kappa shape index (κ2) is 8.18. The number of hydrogen-bond acceptors (Lipinski definition) is 2. The van der Waals surface area contributed by atoms with Crippen molar-refractivity contribution in [3.63, 3.8) is 0 Å². The summed E-state index contributed by atoms with van der Waals surface area (Å²) in [5, 5.41) is 6.52. The molecule has 0 heterocycles. The van der Waals surface area contributed by atoms with E-state index in [4.69, 9.17) is 0 Å². The maximum atomic E-state index is 12.1. The summed E-state index contributed by atoms with van der Waals surface area (Å²) in [6.45, 7) is 6.37. The van der Waals surface area contributed by atoms with Gasteiger partial charge in [-0.05, 0) is 49.4 Å². The summed E-state index contributed by atoms with van der Waals surface area (Å²) in [5.41, 5.74) is 2.15. The van der Waals surface area contributed by atoms with Crippen LogP contribution >= 0.6 is 0 Å². The number of anilines is 1. The lowest BCUT2D eigenvalue weighted by Gasteiger charge is -2.12. The second-order valence-corrected chi connectivity index (χ2v) is 6.53. The minimum absolute atomic E-state index is 0.192. The molecule has 0 radical (unpaired) electrons. The molecule has 0 saturated heterocycles. The van der Waals surface area contributed by atoms with Crippen molar-refractivity contribution in [2.45, 2.75) is 52.5 Å².